The van der Waals surface area contributed by atoms with Gasteiger partial charge in [-0.2, -0.15) is 5.10 Å². The molecule has 0 aliphatic carbocycles. The Morgan fingerprint density at radius 1 is 1.15 bits per heavy atom. The van der Waals surface area contributed by atoms with Crippen molar-refractivity contribution in [3.63, 3.8) is 0 Å². The fourth-order valence-electron chi connectivity index (χ4n) is 3.15. The number of rotatable bonds is 7. The number of hydrazone groups is 1. The van der Waals surface area contributed by atoms with Crippen LogP contribution in [0.1, 0.15) is 16.8 Å². The maximum atomic E-state index is 5.52. The van der Waals surface area contributed by atoms with Crippen molar-refractivity contribution in [3.8, 4) is 23.8 Å². The van der Waals surface area contributed by atoms with Gasteiger partial charge < -0.3 is 19.5 Å². The van der Waals surface area contributed by atoms with E-state index in [-0.39, 0.29) is 0 Å². The Kier molecular flexibility index (Phi) is 5.68. The second kappa shape index (κ2) is 8.33. The summed E-state index contributed by atoms with van der Waals surface area (Å²) in [5.41, 5.74) is 7.44. The van der Waals surface area contributed by atoms with Gasteiger partial charge >= 0.3 is 0 Å². The molecule has 138 valence electrons. The molecular formula is C22H23N3O2. The Hall–Kier alpha value is -3.39. The summed E-state index contributed by atoms with van der Waals surface area (Å²) >= 11 is 0. The Morgan fingerprint density at radius 3 is 2.67 bits per heavy atom. The zero-order valence-electron chi connectivity index (χ0n) is 15.8. The minimum Gasteiger partial charge on any atom is -0.493 e. The van der Waals surface area contributed by atoms with Crippen molar-refractivity contribution in [2.45, 2.75) is 20.0 Å². The average Bonchev–Trinajstić information content (AvgIpc) is 2.97. The highest BCUT2D eigenvalue weighted by Crippen LogP contribution is 2.27. The number of nitrogens with one attached hydrogen (secondary N) is 1. The summed E-state index contributed by atoms with van der Waals surface area (Å²) in [6.07, 6.45) is 7.38. The molecule has 0 unspecified atom stereocenters. The van der Waals surface area contributed by atoms with Gasteiger partial charge in [-0.1, -0.05) is 30.2 Å². The average molecular weight is 361 g/mol. The highest BCUT2D eigenvalue weighted by atomic mass is 16.5. The third-order valence-electron chi connectivity index (χ3n) is 4.55. The highest BCUT2D eigenvalue weighted by molar-refractivity contribution is 6.01. The van der Waals surface area contributed by atoms with E-state index in [0.29, 0.717) is 24.6 Å². The molecule has 0 saturated carbocycles. The molecule has 5 heteroatoms. The minimum atomic E-state index is 0.541. The van der Waals surface area contributed by atoms with E-state index in [1.54, 1.807) is 14.2 Å². The van der Waals surface area contributed by atoms with E-state index in [4.69, 9.17) is 15.9 Å². The van der Waals surface area contributed by atoms with Crippen molar-refractivity contribution in [3.05, 3.63) is 59.3 Å². The summed E-state index contributed by atoms with van der Waals surface area (Å²) in [5.74, 6) is 4.13. The lowest BCUT2D eigenvalue weighted by molar-refractivity contribution is 0.354. The number of fused-ring (bicyclic) bond motifs is 1. The molecule has 1 aromatic heterocycles. The Labute approximate surface area is 159 Å². The normalized spacial score (nSPS) is 10.9. The first-order chi connectivity index (χ1) is 13.2. The fourth-order valence-corrected chi connectivity index (χ4v) is 3.15. The quantitative estimate of drug-likeness (QED) is 0.396. The predicted molar refractivity (Wildman–Crippen MR) is 109 cm³/mol. The molecule has 1 heterocycles. The van der Waals surface area contributed by atoms with Crippen LogP contribution >= 0.6 is 0 Å². The van der Waals surface area contributed by atoms with Crippen molar-refractivity contribution in [1.82, 2.24) is 9.99 Å². The van der Waals surface area contributed by atoms with E-state index in [9.17, 15) is 0 Å². The van der Waals surface area contributed by atoms with E-state index < -0.39 is 0 Å². The van der Waals surface area contributed by atoms with Crippen LogP contribution in [-0.4, -0.2) is 25.0 Å². The number of terminal acetylenes is 1. The van der Waals surface area contributed by atoms with Gasteiger partial charge in [0, 0.05) is 22.2 Å². The van der Waals surface area contributed by atoms with Gasteiger partial charge in [0.2, 0.25) is 0 Å². The Balaban J connectivity index is 1.78. The number of hydrogen-bond acceptors (Lipinski definition) is 4. The minimum absolute atomic E-state index is 0.541. The molecule has 0 amide bonds. The number of nitrogens with zero attached hydrogens (tertiary/aromatic N) is 2. The van der Waals surface area contributed by atoms with Gasteiger partial charge in [-0.25, -0.2) is 0 Å². The van der Waals surface area contributed by atoms with Crippen molar-refractivity contribution in [2.75, 3.05) is 14.2 Å². The van der Waals surface area contributed by atoms with Crippen LogP contribution in [0.15, 0.2) is 47.6 Å². The summed E-state index contributed by atoms with van der Waals surface area (Å²) in [5, 5.41) is 5.55. The van der Waals surface area contributed by atoms with Gasteiger partial charge in [-0.3, -0.25) is 0 Å². The molecule has 5 nitrogen and oxygen atoms in total. The standard InChI is InChI=1S/C22H23N3O2/c1-5-12-25-16(2)19(18-8-6-7-9-20(18)25)15-24-23-14-17-10-11-21(26-3)22(13-17)27-4/h1,6-11,13,15,23H,12,14H2,2-4H3/b24-15-. The summed E-state index contributed by atoms with van der Waals surface area (Å²) in [7, 11) is 3.25. The molecule has 3 rings (SSSR count). The molecule has 0 aliphatic heterocycles. The fraction of sp³-hybridized carbons (Fsp3) is 0.227. The third-order valence-corrected chi connectivity index (χ3v) is 4.55. The van der Waals surface area contributed by atoms with Crippen LogP contribution in [0.5, 0.6) is 11.5 Å². The smallest absolute Gasteiger partial charge is 0.161 e. The molecule has 2 aromatic carbocycles. The first-order valence-electron chi connectivity index (χ1n) is 8.67. The molecule has 0 spiro atoms. The van der Waals surface area contributed by atoms with E-state index in [1.807, 2.05) is 36.5 Å². The number of methoxy groups -OCH3 is 2. The maximum Gasteiger partial charge on any atom is 0.161 e. The van der Waals surface area contributed by atoms with Crippen molar-refractivity contribution in [1.29, 1.82) is 0 Å². The first-order valence-corrected chi connectivity index (χ1v) is 8.67. The van der Waals surface area contributed by atoms with Gasteiger partial charge in [0.15, 0.2) is 11.5 Å². The van der Waals surface area contributed by atoms with Crippen LogP contribution in [0.2, 0.25) is 0 Å². The molecule has 0 atom stereocenters. The van der Waals surface area contributed by atoms with Gasteiger partial charge in [-0.15, -0.1) is 6.42 Å². The Morgan fingerprint density at radius 2 is 1.93 bits per heavy atom. The third kappa shape index (κ3) is 3.75. The molecule has 0 aliphatic rings. The first kappa shape index (κ1) is 18.4. The van der Waals surface area contributed by atoms with Crippen LogP contribution in [0.3, 0.4) is 0 Å². The molecule has 0 radical (unpaired) electrons. The number of aromatic nitrogens is 1. The zero-order chi connectivity index (χ0) is 19.2. The topological polar surface area (TPSA) is 47.8 Å². The molecule has 0 saturated heterocycles. The summed E-state index contributed by atoms with van der Waals surface area (Å²) in [4.78, 5) is 0. The van der Waals surface area contributed by atoms with Crippen LogP contribution < -0.4 is 14.9 Å². The molecule has 3 aromatic rings. The monoisotopic (exact) mass is 361 g/mol. The van der Waals surface area contributed by atoms with Crippen LogP contribution in [0.4, 0.5) is 0 Å². The summed E-state index contributed by atoms with van der Waals surface area (Å²) < 4.78 is 12.7. The molecule has 0 bridgehead atoms. The highest BCUT2D eigenvalue weighted by Gasteiger charge is 2.11. The molecule has 27 heavy (non-hydrogen) atoms. The van der Waals surface area contributed by atoms with Crippen molar-refractivity contribution < 1.29 is 9.47 Å². The summed E-state index contributed by atoms with van der Waals surface area (Å²) in [6.45, 7) is 3.19. The van der Waals surface area contributed by atoms with Gasteiger partial charge in [-0.05, 0) is 30.7 Å². The van der Waals surface area contributed by atoms with Gasteiger partial charge in [0.1, 0.15) is 0 Å². The second-order valence-electron chi connectivity index (χ2n) is 6.09. The lowest BCUT2D eigenvalue weighted by Crippen LogP contribution is -2.06. The molecule has 0 fully saturated rings. The summed E-state index contributed by atoms with van der Waals surface area (Å²) in [6, 6.07) is 14.0. The zero-order valence-corrected chi connectivity index (χ0v) is 15.8. The number of para-hydroxylation sites is 1. The predicted octanol–water partition coefficient (Wildman–Crippen LogP) is 3.72. The molecular weight excluding hydrogens is 338 g/mol. The lowest BCUT2D eigenvalue weighted by Gasteiger charge is -2.09. The Bertz CT molecular complexity index is 1010. The van der Waals surface area contributed by atoms with Gasteiger partial charge in [0.05, 0.1) is 33.5 Å². The van der Waals surface area contributed by atoms with Crippen LogP contribution in [0.25, 0.3) is 10.9 Å². The van der Waals surface area contributed by atoms with Crippen LogP contribution in [-0.2, 0) is 13.1 Å². The van der Waals surface area contributed by atoms with Crippen molar-refractivity contribution in [2.24, 2.45) is 5.10 Å². The van der Waals surface area contributed by atoms with E-state index in [1.165, 1.54) is 0 Å². The number of ether oxygens (including phenoxy) is 2. The number of hydrogen-bond donors (Lipinski definition) is 1. The van der Waals surface area contributed by atoms with Gasteiger partial charge in [0.25, 0.3) is 0 Å². The van der Waals surface area contributed by atoms with E-state index >= 15 is 0 Å². The largest absolute Gasteiger partial charge is 0.493 e. The number of benzene rings is 2. The molecule has 1 N–H and O–H groups in total. The van der Waals surface area contributed by atoms with E-state index in [0.717, 1.165) is 27.7 Å². The van der Waals surface area contributed by atoms with E-state index in [2.05, 4.69) is 40.1 Å². The second-order valence-corrected chi connectivity index (χ2v) is 6.09. The lowest BCUT2D eigenvalue weighted by atomic mass is 10.1. The van der Waals surface area contributed by atoms with Crippen LogP contribution in [0, 0.1) is 19.3 Å². The SMILES string of the molecule is C#CCn1c(C)c(/C=N\NCc2ccc(OC)c(OC)c2)c2ccccc21. The maximum absolute atomic E-state index is 5.52. The van der Waals surface area contributed by atoms with Crippen molar-refractivity contribution >= 4 is 17.1 Å².